The minimum Gasteiger partial charge on any atom is -0.493 e. The molecule has 0 radical (unpaired) electrons. The predicted molar refractivity (Wildman–Crippen MR) is 67.1 cm³/mol. The average molecular weight is 220 g/mol. The van der Waals surface area contributed by atoms with Crippen LogP contribution < -0.4 is 15.4 Å². The zero-order valence-corrected chi connectivity index (χ0v) is 10.1. The third kappa shape index (κ3) is 2.30. The van der Waals surface area contributed by atoms with Crippen LogP contribution in [0.3, 0.4) is 0 Å². The summed E-state index contributed by atoms with van der Waals surface area (Å²) in [4.78, 5) is 2.26. The van der Waals surface area contributed by atoms with Gasteiger partial charge in [-0.05, 0) is 36.2 Å². The molecule has 88 valence electrons. The molecule has 2 rings (SSSR count). The van der Waals surface area contributed by atoms with Gasteiger partial charge in [-0.1, -0.05) is 6.92 Å². The fourth-order valence-corrected chi connectivity index (χ4v) is 2.06. The van der Waals surface area contributed by atoms with Crippen molar-refractivity contribution >= 4 is 5.69 Å². The van der Waals surface area contributed by atoms with Crippen molar-refractivity contribution in [2.75, 3.05) is 31.6 Å². The summed E-state index contributed by atoms with van der Waals surface area (Å²) >= 11 is 0. The molecule has 1 aromatic rings. The summed E-state index contributed by atoms with van der Waals surface area (Å²) in [5.41, 5.74) is 8.22. The Labute approximate surface area is 97.2 Å². The molecule has 1 aliphatic rings. The highest BCUT2D eigenvalue weighted by atomic mass is 16.5. The molecule has 1 atom stereocenters. The van der Waals surface area contributed by atoms with Crippen molar-refractivity contribution in [3.63, 3.8) is 0 Å². The highest BCUT2D eigenvalue weighted by molar-refractivity contribution is 5.53. The standard InChI is InChI=1S/C13H20N2O/c1-10(8-14)9-15(2)12-3-4-13-11(7-12)5-6-16-13/h3-4,7,10H,5-6,8-9,14H2,1-2H3. The van der Waals surface area contributed by atoms with Gasteiger partial charge in [0.05, 0.1) is 6.61 Å². The molecule has 1 aliphatic heterocycles. The monoisotopic (exact) mass is 220 g/mol. The van der Waals surface area contributed by atoms with Crippen LogP contribution in [0.2, 0.25) is 0 Å². The quantitative estimate of drug-likeness (QED) is 0.838. The lowest BCUT2D eigenvalue weighted by Gasteiger charge is -2.23. The molecule has 1 aromatic carbocycles. The fraction of sp³-hybridized carbons (Fsp3) is 0.538. The second kappa shape index (κ2) is 4.74. The average Bonchev–Trinajstić information content (AvgIpc) is 2.75. The van der Waals surface area contributed by atoms with Crippen molar-refractivity contribution in [2.45, 2.75) is 13.3 Å². The molecular formula is C13H20N2O. The molecule has 3 nitrogen and oxygen atoms in total. The van der Waals surface area contributed by atoms with Crippen LogP contribution >= 0.6 is 0 Å². The summed E-state index contributed by atoms with van der Waals surface area (Å²) in [7, 11) is 2.11. The first-order valence-corrected chi connectivity index (χ1v) is 5.87. The Balaban J connectivity index is 2.09. The molecule has 2 N–H and O–H groups in total. The summed E-state index contributed by atoms with van der Waals surface area (Å²) in [6, 6.07) is 6.42. The van der Waals surface area contributed by atoms with E-state index in [1.165, 1.54) is 11.3 Å². The molecular weight excluding hydrogens is 200 g/mol. The molecule has 0 saturated carbocycles. The number of nitrogens with zero attached hydrogens (tertiary/aromatic N) is 1. The van der Waals surface area contributed by atoms with Crippen molar-refractivity contribution in [3.8, 4) is 5.75 Å². The summed E-state index contributed by atoms with van der Waals surface area (Å²) < 4.78 is 5.50. The van der Waals surface area contributed by atoms with E-state index in [1.54, 1.807) is 0 Å². The SMILES string of the molecule is CC(CN)CN(C)c1ccc2c(c1)CCO2. The van der Waals surface area contributed by atoms with Gasteiger partial charge in [0.15, 0.2) is 0 Å². The topological polar surface area (TPSA) is 38.5 Å². The van der Waals surface area contributed by atoms with Crippen molar-refractivity contribution in [1.82, 2.24) is 0 Å². The molecule has 0 fully saturated rings. The minimum absolute atomic E-state index is 0.523. The highest BCUT2D eigenvalue weighted by Crippen LogP contribution is 2.29. The van der Waals surface area contributed by atoms with Crippen LogP contribution in [0.5, 0.6) is 5.75 Å². The molecule has 1 heterocycles. The molecule has 0 aromatic heterocycles. The van der Waals surface area contributed by atoms with E-state index in [4.69, 9.17) is 10.5 Å². The summed E-state index contributed by atoms with van der Waals surface area (Å²) in [6.45, 7) is 4.73. The number of benzene rings is 1. The largest absolute Gasteiger partial charge is 0.493 e. The Hall–Kier alpha value is -1.22. The Morgan fingerprint density at radius 3 is 3.06 bits per heavy atom. The number of hydrogen-bond acceptors (Lipinski definition) is 3. The predicted octanol–water partition coefficient (Wildman–Crippen LogP) is 1.65. The van der Waals surface area contributed by atoms with E-state index in [0.717, 1.165) is 31.9 Å². The summed E-state index contributed by atoms with van der Waals surface area (Å²) in [5, 5.41) is 0. The lowest BCUT2D eigenvalue weighted by molar-refractivity contribution is 0.357. The molecule has 16 heavy (non-hydrogen) atoms. The van der Waals surface area contributed by atoms with E-state index in [0.29, 0.717) is 5.92 Å². The molecule has 0 spiro atoms. The smallest absolute Gasteiger partial charge is 0.122 e. The second-order valence-electron chi connectivity index (χ2n) is 4.61. The molecule has 1 unspecified atom stereocenters. The van der Waals surface area contributed by atoms with E-state index in [2.05, 4.69) is 37.1 Å². The maximum absolute atomic E-state index is 5.64. The third-order valence-corrected chi connectivity index (χ3v) is 3.10. The van der Waals surface area contributed by atoms with Crippen LogP contribution in [0.4, 0.5) is 5.69 Å². The number of rotatable bonds is 4. The van der Waals surface area contributed by atoms with Crippen LogP contribution in [0.1, 0.15) is 12.5 Å². The molecule has 0 bridgehead atoms. The zero-order valence-electron chi connectivity index (χ0n) is 10.1. The van der Waals surface area contributed by atoms with E-state index in [9.17, 15) is 0 Å². The van der Waals surface area contributed by atoms with Gasteiger partial charge < -0.3 is 15.4 Å². The first kappa shape index (κ1) is 11.3. The first-order chi connectivity index (χ1) is 7.70. The maximum atomic E-state index is 5.64. The Kier molecular flexibility index (Phi) is 3.34. The highest BCUT2D eigenvalue weighted by Gasteiger charge is 2.14. The number of hydrogen-bond donors (Lipinski definition) is 1. The second-order valence-corrected chi connectivity index (χ2v) is 4.61. The van der Waals surface area contributed by atoms with Gasteiger partial charge >= 0.3 is 0 Å². The summed E-state index contributed by atoms with van der Waals surface area (Å²) in [5.74, 6) is 1.57. The van der Waals surface area contributed by atoms with Crippen LogP contribution in [0.25, 0.3) is 0 Å². The van der Waals surface area contributed by atoms with E-state index >= 15 is 0 Å². The van der Waals surface area contributed by atoms with Crippen LogP contribution in [-0.2, 0) is 6.42 Å². The molecule has 0 aliphatic carbocycles. The summed E-state index contributed by atoms with van der Waals surface area (Å²) in [6.07, 6.45) is 1.03. The van der Waals surface area contributed by atoms with E-state index < -0.39 is 0 Å². The number of anilines is 1. The van der Waals surface area contributed by atoms with Gasteiger partial charge in [0.25, 0.3) is 0 Å². The van der Waals surface area contributed by atoms with Gasteiger partial charge in [-0.25, -0.2) is 0 Å². The molecule has 0 amide bonds. The fourth-order valence-electron chi connectivity index (χ4n) is 2.06. The Morgan fingerprint density at radius 2 is 2.31 bits per heavy atom. The van der Waals surface area contributed by atoms with Gasteiger partial charge in [-0.2, -0.15) is 0 Å². The van der Waals surface area contributed by atoms with Crippen molar-refractivity contribution in [3.05, 3.63) is 23.8 Å². The van der Waals surface area contributed by atoms with Crippen molar-refractivity contribution < 1.29 is 4.74 Å². The van der Waals surface area contributed by atoms with Crippen LogP contribution in [-0.4, -0.2) is 26.7 Å². The lowest BCUT2D eigenvalue weighted by Crippen LogP contribution is -2.28. The van der Waals surface area contributed by atoms with Crippen LogP contribution in [0, 0.1) is 5.92 Å². The third-order valence-electron chi connectivity index (χ3n) is 3.10. The van der Waals surface area contributed by atoms with Crippen LogP contribution in [0.15, 0.2) is 18.2 Å². The van der Waals surface area contributed by atoms with E-state index in [1.807, 2.05) is 0 Å². The van der Waals surface area contributed by atoms with Gasteiger partial charge in [-0.3, -0.25) is 0 Å². The van der Waals surface area contributed by atoms with Crippen molar-refractivity contribution in [2.24, 2.45) is 11.7 Å². The Morgan fingerprint density at radius 1 is 1.50 bits per heavy atom. The van der Waals surface area contributed by atoms with Crippen molar-refractivity contribution in [1.29, 1.82) is 0 Å². The zero-order chi connectivity index (χ0) is 11.5. The minimum atomic E-state index is 0.523. The lowest BCUT2D eigenvalue weighted by atomic mass is 10.1. The number of fused-ring (bicyclic) bond motifs is 1. The molecule has 0 saturated heterocycles. The van der Waals surface area contributed by atoms with Gasteiger partial charge in [-0.15, -0.1) is 0 Å². The molecule has 3 heteroatoms. The Bertz CT molecular complexity index is 365. The van der Waals surface area contributed by atoms with E-state index in [-0.39, 0.29) is 0 Å². The number of ether oxygens (including phenoxy) is 1. The van der Waals surface area contributed by atoms with Gasteiger partial charge in [0.1, 0.15) is 5.75 Å². The van der Waals surface area contributed by atoms with Gasteiger partial charge in [0.2, 0.25) is 0 Å². The first-order valence-electron chi connectivity index (χ1n) is 5.87. The maximum Gasteiger partial charge on any atom is 0.122 e. The number of nitrogens with two attached hydrogens (primary N) is 1. The van der Waals surface area contributed by atoms with Gasteiger partial charge in [0, 0.05) is 25.7 Å². The normalized spacial score (nSPS) is 15.4.